The van der Waals surface area contributed by atoms with Gasteiger partial charge in [-0.2, -0.15) is 0 Å². The molecular formula is C26H22O4S2. The quantitative estimate of drug-likeness (QED) is 0.351. The molecule has 4 rings (SSSR count). The lowest BCUT2D eigenvalue weighted by molar-refractivity contribution is 0.482. The number of aryl methyl sites for hydroxylation is 1. The highest BCUT2D eigenvalue weighted by atomic mass is 32.2. The Kier molecular flexibility index (Phi) is 6.26. The van der Waals surface area contributed by atoms with Crippen molar-refractivity contribution in [1.82, 2.24) is 0 Å². The average Bonchev–Trinajstić information content (AvgIpc) is 2.80. The molecule has 0 saturated heterocycles. The third kappa shape index (κ3) is 5.15. The van der Waals surface area contributed by atoms with Crippen LogP contribution in [0.2, 0.25) is 0 Å². The van der Waals surface area contributed by atoms with E-state index in [1.54, 1.807) is 36.4 Å². The number of sulfone groups is 1. The van der Waals surface area contributed by atoms with Crippen LogP contribution in [0.4, 0.5) is 0 Å². The van der Waals surface area contributed by atoms with Gasteiger partial charge in [-0.05, 0) is 78.7 Å². The van der Waals surface area contributed by atoms with Gasteiger partial charge >= 0.3 is 0 Å². The fourth-order valence-electron chi connectivity index (χ4n) is 3.18. The predicted molar refractivity (Wildman–Crippen MR) is 127 cm³/mol. The van der Waals surface area contributed by atoms with Gasteiger partial charge in [0.25, 0.3) is 0 Å². The van der Waals surface area contributed by atoms with Gasteiger partial charge in [0.2, 0.25) is 0 Å². The molecule has 0 amide bonds. The highest BCUT2D eigenvalue weighted by Crippen LogP contribution is 2.26. The zero-order chi connectivity index (χ0) is 22.7. The number of ether oxygens (including phenoxy) is 1. The van der Waals surface area contributed by atoms with E-state index < -0.39 is 20.6 Å². The first-order chi connectivity index (χ1) is 15.3. The van der Waals surface area contributed by atoms with Crippen LogP contribution in [0.3, 0.4) is 0 Å². The first-order valence-electron chi connectivity index (χ1n) is 9.96. The highest BCUT2D eigenvalue weighted by Gasteiger charge is 2.10. The van der Waals surface area contributed by atoms with Crippen LogP contribution in [-0.2, 0) is 20.6 Å². The van der Waals surface area contributed by atoms with E-state index >= 15 is 0 Å². The molecule has 32 heavy (non-hydrogen) atoms. The van der Waals surface area contributed by atoms with Crippen molar-refractivity contribution in [3.05, 3.63) is 103 Å². The van der Waals surface area contributed by atoms with Gasteiger partial charge in [-0.1, -0.05) is 42.0 Å². The Labute approximate surface area is 190 Å². The summed E-state index contributed by atoms with van der Waals surface area (Å²) in [7, 11) is -4.54. The molecule has 0 unspecified atom stereocenters. The first-order valence-corrected chi connectivity index (χ1v) is 13.0. The maximum atomic E-state index is 13.0. The zero-order valence-corrected chi connectivity index (χ0v) is 19.3. The van der Waals surface area contributed by atoms with Gasteiger partial charge in [-0.15, -0.1) is 0 Å². The lowest BCUT2D eigenvalue weighted by Gasteiger charge is -2.08. The number of benzene rings is 4. The van der Waals surface area contributed by atoms with Gasteiger partial charge in [0.15, 0.2) is 9.84 Å². The Balaban J connectivity index is 1.47. The van der Waals surface area contributed by atoms with Crippen LogP contribution in [-0.4, -0.2) is 18.9 Å². The largest absolute Gasteiger partial charge is 0.457 e. The van der Waals surface area contributed by atoms with Gasteiger partial charge in [-0.3, -0.25) is 0 Å². The molecule has 0 aliphatic rings. The SMILES string of the molecule is Cc1ccc(Oc2ccc([S@](=O)c3ccc(-c4ccc(S(C)(=O)=O)cc4)cc3)cc2)cc1. The summed E-state index contributed by atoms with van der Waals surface area (Å²) >= 11 is 0. The smallest absolute Gasteiger partial charge is 0.175 e. The second-order valence-corrected chi connectivity index (χ2v) is 11.0. The van der Waals surface area contributed by atoms with Crippen LogP contribution in [0.5, 0.6) is 11.5 Å². The fraction of sp³-hybridized carbons (Fsp3) is 0.0769. The van der Waals surface area contributed by atoms with Crippen LogP contribution in [0.15, 0.2) is 112 Å². The van der Waals surface area contributed by atoms with Crippen LogP contribution < -0.4 is 4.74 Å². The number of rotatable bonds is 6. The third-order valence-corrected chi connectivity index (χ3v) is 7.51. The minimum atomic E-state index is -3.22. The second kappa shape index (κ2) is 9.10. The Bertz CT molecular complexity index is 1340. The van der Waals surface area contributed by atoms with Crippen molar-refractivity contribution < 1.29 is 17.4 Å². The topological polar surface area (TPSA) is 60.4 Å². The van der Waals surface area contributed by atoms with Crippen LogP contribution in [0.25, 0.3) is 11.1 Å². The van der Waals surface area contributed by atoms with E-state index in [1.165, 1.54) is 11.8 Å². The summed E-state index contributed by atoms with van der Waals surface area (Å²) < 4.78 is 42.0. The van der Waals surface area contributed by atoms with Gasteiger partial charge < -0.3 is 4.74 Å². The maximum Gasteiger partial charge on any atom is 0.175 e. The van der Waals surface area contributed by atoms with Crippen molar-refractivity contribution in [2.24, 2.45) is 0 Å². The Morgan fingerprint density at radius 3 is 1.50 bits per heavy atom. The first kappa shape index (κ1) is 22.0. The fourth-order valence-corrected chi connectivity index (χ4v) is 4.84. The molecule has 0 fully saturated rings. The molecule has 0 aromatic heterocycles. The molecule has 0 bridgehead atoms. The Morgan fingerprint density at radius 2 is 1.03 bits per heavy atom. The molecule has 4 aromatic carbocycles. The Morgan fingerprint density at radius 1 is 0.625 bits per heavy atom. The van der Waals surface area contributed by atoms with Crippen molar-refractivity contribution in [2.75, 3.05) is 6.26 Å². The van der Waals surface area contributed by atoms with Gasteiger partial charge in [0.05, 0.1) is 15.7 Å². The summed E-state index contributed by atoms with van der Waals surface area (Å²) in [4.78, 5) is 1.66. The maximum absolute atomic E-state index is 13.0. The van der Waals surface area contributed by atoms with E-state index in [0.29, 0.717) is 15.5 Å². The highest BCUT2D eigenvalue weighted by molar-refractivity contribution is 7.90. The molecule has 0 aliphatic carbocycles. The predicted octanol–water partition coefficient (Wildman–Crippen LogP) is 6.02. The van der Waals surface area contributed by atoms with E-state index in [2.05, 4.69) is 0 Å². The monoisotopic (exact) mass is 462 g/mol. The lowest BCUT2D eigenvalue weighted by atomic mass is 10.1. The van der Waals surface area contributed by atoms with E-state index in [4.69, 9.17) is 4.74 Å². The van der Waals surface area contributed by atoms with Gasteiger partial charge in [-0.25, -0.2) is 12.6 Å². The van der Waals surface area contributed by atoms with Gasteiger partial charge in [0, 0.05) is 16.0 Å². The minimum absolute atomic E-state index is 0.286. The second-order valence-electron chi connectivity index (χ2n) is 7.48. The van der Waals surface area contributed by atoms with E-state index in [1.807, 2.05) is 67.6 Å². The molecule has 0 heterocycles. The van der Waals surface area contributed by atoms with Crippen LogP contribution >= 0.6 is 0 Å². The van der Waals surface area contributed by atoms with Crippen LogP contribution in [0, 0.1) is 6.92 Å². The average molecular weight is 463 g/mol. The molecule has 162 valence electrons. The number of hydrogen-bond donors (Lipinski definition) is 0. The minimum Gasteiger partial charge on any atom is -0.457 e. The van der Waals surface area contributed by atoms with Crippen molar-refractivity contribution in [1.29, 1.82) is 0 Å². The van der Waals surface area contributed by atoms with Crippen LogP contribution in [0.1, 0.15) is 5.56 Å². The van der Waals surface area contributed by atoms with Crippen molar-refractivity contribution in [3.63, 3.8) is 0 Å². The van der Waals surface area contributed by atoms with E-state index in [-0.39, 0.29) is 4.90 Å². The van der Waals surface area contributed by atoms with Crippen molar-refractivity contribution in [3.8, 4) is 22.6 Å². The molecule has 0 spiro atoms. The molecule has 0 N–H and O–H groups in total. The summed E-state index contributed by atoms with van der Waals surface area (Å²) in [5.41, 5.74) is 2.99. The van der Waals surface area contributed by atoms with E-state index in [0.717, 1.165) is 16.9 Å². The summed E-state index contributed by atoms with van der Waals surface area (Å²) in [6, 6.07) is 29.2. The third-order valence-electron chi connectivity index (χ3n) is 4.98. The molecule has 1 atom stereocenters. The molecule has 6 heteroatoms. The van der Waals surface area contributed by atoms with Crippen molar-refractivity contribution >= 4 is 20.6 Å². The molecule has 4 nitrogen and oxygen atoms in total. The van der Waals surface area contributed by atoms with E-state index in [9.17, 15) is 12.6 Å². The van der Waals surface area contributed by atoms with Crippen molar-refractivity contribution in [2.45, 2.75) is 21.6 Å². The summed E-state index contributed by atoms with van der Waals surface area (Å²) in [6.45, 7) is 2.02. The number of hydrogen-bond acceptors (Lipinski definition) is 4. The molecule has 0 radical (unpaired) electrons. The molecule has 4 aromatic rings. The van der Waals surface area contributed by atoms with Gasteiger partial charge in [0.1, 0.15) is 11.5 Å². The summed E-state index contributed by atoms with van der Waals surface area (Å²) in [5.74, 6) is 1.44. The lowest BCUT2D eigenvalue weighted by Crippen LogP contribution is -1.96. The molecule has 0 aliphatic heterocycles. The summed E-state index contributed by atoms with van der Waals surface area (Å²) in [6.07, 6.45) is 1.19. The normalized spacial score (nSPS) is 12.3. The Hall–Kier alpha value is -3.22. The zero-order valence-electron chi connectivity index (χ0n) is 17.7. The molecule has 0 saturated carbocycles. The summed E-state index contributed by atoms with van der Waals surface area (Å²) in [5, 5.41) is 0. The standard InChI is InChI=1S/C26H22O4S2/c1-19-3-9-22(10-4-19)30-23-11-15-25(16-12-23)31(27)24-13-5-20(6-14-24)21-7-17-26(18-8-21)32(2,28)29/h3-18H,1-2H3/t31-/m1/s1. The molecular weight excluding hydrogens is 440 g/mol.